The number of nitrogens with zero attached hydrogens (tertiary/aromatic N) is 2. The highest BCUT2D eigenvalue weighted by Crippen LogP contribution is 2.18. The summed E-state index contributed by atoms with van der Waals surface area (Å²) in [7, 11) is 1.69. The molecule has 90 valence electrons. The Morgan fingerprint density at radius 2 is 2.18 bits per heavy atom. The maximum Gasteiger partial charge on any atom is 0.123 e. The van der Waals surface area contributed by atoms with Crippen molar-refractivity contribution in [1.29, 1.82) is 0 Å². The first-order chi connectivity index (χ1) is 8.35. The van der Waals surface area contributed by atoms with Crippen LogP contribution in [0.2, 0.25) is 0 Å². The number of methoxy groups -OCH3 is 1. The zero-order chi connectivity index (χ0) is 12.1. The van der Waals surface area contributed by atoms with Crippen molar-refractivity contribution in [3.05, 3.63) is 48.0 Å². The first-order valence-corrected chi connectivity index (χ1v) is 5.67. The maximum absolute atomic E-state index is 5.56. The van der Waals surface area contributed by atoms with Gasteiger partial charge in [-0.25, -0.2) is 4.98 Å². The summed E-state index contributed by atoms with van der Waals surface area (Å²) in [5.74, 6) is 1.92. The normalized spacial score (nSPS) is 10.5. The lowest BCUT2D eigenvalue weighted by Gasteiger charge is -2.10. The van der Waals surface area contributed by atoms with E-state index in [1.54, 1.807) is 13.3 Å². The molecule has 0 atom stereocenters. The van der Waals surface area contributed by atoms with Crippen LogP contribution in [0.3, 0.4) is 0 Å². The van der Waals surface area contributed by atoms with E-state index in [1.807, 2.05) is 24.4 Å². The van der Waals surface area contributed by atoms with E-state index in [0.717, 1.165) is 30.1 Å². The second-order valence-electron chi connectivity index (χ2n) is 3.82. The van der Waals surface area contributed by atoms with Crippen LogP contribution in [0.5, 0.6) is 5.75 Å². The van der Waals surface area contributed by atoms with Crippen molar-refractivity contribution in [1.82, 2.24) is 9.55 Å². The van der Waals surface area contributed by atoms with Gasteiger partial charge in [0, 0.05) is 24.4 Å². The highest BCUT2D eigenvalue weighted by molar-refractivity contribution is 5.33. The molecule has 2 aromatic rings. The molecular weight excluding hydrogens is 214 g/mol. The summed E-state index contributed by atoms with van der Waals surface area (Å²) in [6, 6.07) is 8.01. The summed E-state index contributed by atoms with van der Waals surface area (Å²) in [6.07, 6.45) is 4.57. The molecule has 0 unspecified atom stereocenters. The minimum atomic E-state index is 0.614. The highest BCUT2D eigenvalue weighted by atomic mass is 16.5. The van der Waals surface area contributed by atoms with Gasteiger partial charge >= 0.3 is 0 Å². The molecule has 0 amide bonds. The number of benzene rings is 1. The molecule has 4 heteroatoms. The summed E-state index contributed by atoms with van der Waals surface area (Å²) in [5, 5.41) is 0. The van der Waals surface area contributed by atoms with E-state index in [4.69, 9.17) is 10.5 Å². The van der Waals surface area contributed by atoms with E-state index in [2.05, 4.69) is 15.6 Å². The van der Waals surface area contributed by atoms with E-state index in [9.17, 15) is 0 Å². The van der Waals surface area contributed by atoms with Gasteiger partial charge in [-0.15, -0.1) is 0 Å². The largest absolute Gasteiger partial charge is 0.496 e. The standard InChI is InChI=1S/C13H17N3O/c1-17-12-5-3-2-4-11(12)10-16-9-8-15-13(16)6-7-14/h2-5,8-9H,6-7,10,14H2,1H3. The summed E-state index contributed by atoms with van der Waals surface area (Å²) >= 11 is 0. The third-order valence-corrected chi connectivity index (χ3v) is 2.70. The Morgan fingerprint density at radius 1 is 1.35 bits per heavy atom. The molecule has 1 aromatic heterocycles. The summed E-state index contributed by atoms with van der Waals surface area (Å²) in [4.78, 5) is 4.30. The van der Waals surface area contributed by atoms with Gasteiger partial charge in [0.1, 0.15) is 11.6 Å². The van der Waals surface area contributed by atoms with Gasteiger partial charge in [-0.1, -0.05) is 18.2 Å². The molecule has 2 rings (SSSR count). The van der Waals surface area contributed by atoms with Crippen LogP contribution in [0.4, 0.5) is 0 Å². The van der Waals surface area contributed by atoms with Crippen LogP contribution in [-0.4, -0.2) is 23.2 Å². The molecule has 0 saturated carbocycles. The molecule has 17 heavy (non-hydrogen) atoms. The van der Waals surface area contributed by atoms with Crippen LogP contribution in [0.1, 0.15) is 11.4 Å². The predicted molar refractivity (Wildman–Crippen MR) is 67.1 cm³/mol. The molecular formula is C13H17N3O. The zero-order valence-corrected chi connectivity index (χ0v) is 9.97. The lowest BCUT2D eigenvalue weighted by atomic mass is 10.2. The Hall–Kier alpha value is -1.81. The number of imidazole rings is 1. The van der Waals surface area contributed by atoms with Crippen molar-refractivity contribution in [2.45, 2.75) is 13.0 Å². The van der Waals surface area contributed by atoms with Gasteiger partial charge in [0.05, 0.1) is 13.7 Å². The lowest BCUT2D eigenvalue weighted by Crippen LogP contribution is -2.10. The number of ether oxygens (including phenoxy) is 1. The number of aromatic nitrogens is 2. The number of rotatable bonds is 5. The van der Waals surface area contributed by atoms with Crippen LogP contribution in [0.25, 0.3) is 0 Å². The fourth-order valence-electron chi connectivity index (χ4n) is 1.86. The van der Waals surface area contributed by atoms with Crippen LogP contribution >= 0.6 is 0 Å². The highest BCUT2D eigenvalue weighted by Gasteiger charge is 2.06. The zero-order valence-electron chi connectivity index (χ0n) is 9.97. The maximum atomic E-state index is 5.56. The molecule has 0 aliphatic carbocycles. The molecule has 1 aromatic carbocycles. The number of para-hydroxylation sites is 1. The molecule has 0 bridgehead atoms. The van der Waals surface area contributed by atoms with E-state index in [1.165, 1.54) is 0 Å². The first kappa shape index (κ1) is 11.7. The van der Waals surface area contributed by atoms with Gasteiger partial charge in [0.2, 0.25) is 0 Å². The third-order valence-electron chi connectivity index (χ3n) is 2.70. The SMILES string of the molecule is COc1ccccc1Cn1ccnc1CCN. The quantitative estimate of drug-likeness (QED) is 0.847. The number of hydrogen-bond donors (Lipinski definition) is 1. The Balaban J connectivity index is 2.22. The minimum Gasteiger partial charge on any atom is -0.496 e. The smallest absolute Gasteiger partial charge is 0.123 e. The van der Waals surface area contributed by atoms with E-state index >= 15 is 0 Å². The summed E-state index contributed by atoms with van der Waals surface area (Å²) in [6.45, 7) is 1.38. The molecule has 4 nitrogen and oxygen atoms in total. The Labute approximate surface area is 101 Å². The molecule has 0 saturated heterocycles. The Morgan fingerprint density at radius 3 is 2.94 bits per heavy atom. The van der Waals surface area contributed by atoms with Crippen molar-refractivity contribution in [3.63, 3.8) is 0 Å². The van der Waals surface area contributed by atoms with E-state index in [-0.39, 0.29) is 0 Å². The summed E-state index contributed by atoms with van der Waals surface area (Å²) < 4.78 is 7.44. The van der Waals surface area contributed by atoms with Gasteiger partial charge in [0.15, 0.2) is 0 Å². The van der Waals surface area contributed by atoms with Crippen molar-refractivity contribution < 1.29 is 4.74 Å². The van der Waals surface area contributed by atoms with Crippen molar-refractivity contribution in [2.24, 2.45) is 5.73 Å². The monoisotopic (exact) mass is 231 g/mol. The molecule has 1 heterocycles. The summed E-state index contributed by atoms with van der Waals surface area (Å²) in [5.41, 5.74) is 6.70. The van der Waals surface area contributed by atoms with Crippen molar-refractivity contribution in [2.75, 3.05) is 13.7 Å². The fraction of sp³-hybridized carbons (Fsp3) is 0.308. The van der Waals surface area contributed by atoms with Crippen molar-refractivity contribution >= 4 is 0 Å². The average Bonchev–Trinajstić information content (AvgIpc) is 2.78. The van der Waals surface area contributed by atoms with Gasteiger partial charge in [0.25, 0.3) is 0 Å². The van der Waals surface area contributed by atoms with Crippen LogP contribution in [0, 0.1) is 0 Å². The van der Waals surface area contributed by atoms with Crippen LogP contribution in [0.15, 0.2) is 36.7 Å². The van der Waals surface area contributed by atoms with E-state index < -0.39 is 0 Å². The van der Waals surface area contributed by atoms with Gasteiger partial charge in [-0.05, 0) is 12.6 Å². The molecule has 0 aliphatic heterocycles. The second-order valence-corrected chi connectivity index (χ2v) is 3.82. The molecule has 0 spiro atoms. The van der Waals surface area contributed by atoms with E-state index in [0.29, 0.717) is 6.54 Å². The van der Waals surface area contributed by atoms with Gasteiger partial charge in [-0.3, -0.25) is 0 Å². The first-order valence-electron chi connectivity index (χ1n) is 5.67. The second kappa shape index (κ2) is 5.50. The lowest BCUT2D eigenvalue weighted by molar-refractivity contribution is 0.408. The molecule has 0 aliphatic rings. The Kier molecular flexibility index (Phi) is 3.77. The molecule has 0 radical (unpaired) electrons. The topological polar surface area (TPSA) is 53.1 Å². The number of nitrogens with two attached hydrogens (primary N) is 1. The van der Waals surface area contributed by atoms with Crippen LogP contribution < -0.4 is 10.5 Å². The molecule has 2 N–H and O–H groups in total. The fourth-order valence-corrected chi connectivity index (χ4v) is 1.86. The van der Waals surface area contributed by atoms with Crippen molar-refractivity contribution in [3.8, 4) is 5.75 Å². The minimum absolute atomic E-state index is 0.614. The average molecular weight is 231 g/mol. The number of hydrogen-bond acceptors (Lipinski definition) is 3. The third kappa shape index (κ3) is 2.65. The van der Waals surface area contributed by atoms with Gasteiger partial charge in [-0.2, -0.15) is 0 Å². The van der Waals surface area contributed by atoms with Crippen LogP contribution in [-0.2, 0) is 13.0 Å². The Bertz CT molecular complexity index is 479. The molecule has 0 fully saturated rings. The predicted octanol–water partition coefficient (Wildman–Crippen LogP) is 1.44. The van der Waals surface area contributed by atoms with Gasteiger partial charge < -0.3 is 15.0 Å².